The number of hydrogen-bond acceptors (Lipinski definition) is 3. The molecule has 3 nitrogen and oxygen atoms in total. The van der Waals surface area contributed by atoms with E-state index in [-0.39, 0.29) is 6.10 Å². The van der Waals surface area contributed by atoms with Crippen LogP contribution in [0.3, 0.4) is 0 Å². The standard InChI is InChI=1S/C17H25ClN2O/c1-13-12-21-17(15-3-2-4-16(18)9-15)11-20(13)10-14-5-7-19-8-6-14/h2-4,9,13-14,17,19H,5-8,10-12H2,1H3. The van der Waals surface area contributed by atoms with Crippen LogP contribution in [-0.2, 0) is 4.74 Å². The van der Waals surface area contributed by atoms with Crippen LogP contribution in [0.1, 0.15) is 31.4 Å². The van der Waals surface area contributed by atoms with E-state index in [9.17, 15) is 0 Å². The fraction of sp³-hybridized carbons (Fsp3) is 0.647. The van der Waals surface area contributed by atoms with Gasteiger partial charge in [-0.15, -0.1) is 0 Å². The molecule has 0 aliphatic carbocycles. The van der Waals surface area contributed by atoms with Crippen molar-refractivity contribution in [3.63, 3.8) is 0 Å². The predicted octanol–water partition coefficient (Wildman–Crippen LogP) is 3.10. The zero-order chi connectivity index (χ0) is 14.7. The van der Waals surface area contributed by atoms with Crippen molar-refractivity contribution in [3.8, 4) is 0 Å². The van der Waals surface area contributed by atoms with E-state index in [2.05, 4.69) is 23.2 Å². The van der Waals surface area contributed by atoms with Crippen LogP contribution < -0.4 is 5.32 Å². The molecule has 2 atom stereocenters. The van der Waals surface area contributed by atoms with E-state index in [4.69, 9.17) is 16.3 Å². The monoisotopic (exact) mass is 308 g/mol. The first-order valence-electron chi connectivity index (χ1n) is 8.04. The van der Waals surface area contributed by atoms with Gasteiger partial charge in [-0.05, 0) is 56.5 Å². The van der Waals surface area contributed by atoms with Crippen LogP contribution in [0.4, 0.5) is 0 Å². The van der Waals surface area contributed by atoms with Gasteiger partial charge in [-0.1, -0.05) is 23.7 Å². The van der Waals surface area contributed by atoms with Gasteiger partial charge >= 0.3 is 0 Å². The summed E-state index contributed by atoms with van der Waals surface area (Å²) in [6, 6.07) is 8.59. The van der Waals surface area contributed by atoms with Crippen molar-refractivity contribution in [3.05, 3.63) is 34.9 Å². The lowest BCUT2D eigenvalue weighted by Gasteiger charge is -2.40. The lowest BCUT2D eigenvalue weighted by Crippen LogP contribution is -2.48. The second kappa shape index (κ2) is 7.10. The van der Waals surface area contributed by atoms with Crippen LogP contribution in [0.5, 0.6) is 0 Å². The molecule has 4 heteroatoms. The van der Waals surface area contributed by atoms with Crippen LogP contribution in [0.25, 0.3) is 0 Å². The van der Waals surface area contributed by atoms with E-state index in [1.54, 1.807) is 0 Å². The highest BCUT2D eigenvalue weighted by Crippen LogP contribution is 2.28. The minimum absolute atomic E-state index is 0.154. The molecule has 1 N–H and O–H groups in total. The first-order valence-corrected chi connectivity index (χ1v) is 8.42. The molecule has 21 heavy (non-hydrogen) atoms. The molecule has 3 rings (SSSR count). The third-order valence-electron chi connectivity index (χ3n) is 4.73. The molecule has 0 radical (unpaired) electrons. The summed E-state index contributed by atoms with van der Waals surface area (Å²) in [4.78, 5) is 2.60. The first-order chi connectivity index (χ1) is 10.2. The van der Waals surface area contributed by atoms with Crippen molar-refractivity contribution >= 4 is 11.6 Å². The molecule has 1 aromatic rings. The van der Waals surface area contributed by atoms with Gasteiger partial charge in [-0.2, -0.15) is 0 Å². The molecule has 116 valence electrons. The number of ether oxygens (including phenoxy) is 1. The molecule has 2 heterocycles. The Kier molecular flexibility index (Phi) is 5.17. The Hall–Kier alpha value is -0.610. The Labute approximate surface area is 132 Å². The number of morpholine rings is 1. The summed E-state index contributed by atoms with van der Waals surface area (Å²) in [5.74, 6) is 0.826. The van der Waals surface area contributed by atoms with Crippen LogP contribution in [-0.4, -0.2) is 43.7 Å². The molecular weight excluding hydrogens is 284 g/mol. The number of rotatable bonds is 3. The second-order valence-corrected chi connectivity index (χ2v) is 6.81. The van der Waals surface area contributed by atoms with E-state index in [1.807, 2.05) is 18.2 Å². The Morgan fingerprint density at radius 1 is 1.33 bits per heavy atom. The predicted molar refractivity (Wildman–Crippen MR) is 86.8 cm³/mol. The third kappa shape index (κ3) is 3.98. The van der Waals surface area contributed by atoms with Gasteiger partial charge in [0.15, 0.2) is 0 Å². The van der Waals surface area contributed by atoms with E-state index in [0.717, 1.165) is 24.1 Å². The van der Waals surface area contributed by atoms with Gasteiger partial charge in [-0.25, -0.2) is 0 Å². The zero-order valence-corrected chi connectivity index (χ0v) is 13.5. The third-order valence-corrected chi connectivity index (χ3v) is 4.97. The summed E-state index contributed by atoms with van der Waals surface area (Å²) in [5, 5.41) is 4.24. The number of benzene rings is 1. The first kappa shape index (κ1) is 15.3. The summed E-state index contributed by atoms with van der Waals surface area (Å²) >= 11 is 6.11. The van der Waals surface area contributed by atoms with E-state index >= 15 is 0 Å². The van der Waals surface area contributed by atoms with E-state index in [1.165, 1.54) is 38.0 Å². The summed E-state index contributed by atoms with van der Waals surface area (Å²) in [5.41, 5.74) is 1.20. The molecule has 0 amide bonds. The molecule has 2 saturated heterocycles. The summed E-state index contributed by atoms with van der Waals surface area (Å²) in [7, 11) is 0. The van der Waals surface area contributed by atoms with Gasteiger partial charge in [0.2, 0.25) is 0 Å². The molecule has 0 bridgehead atoms. The Morgan fingerprint density at radius 3 is 2.90 bits per heavy atom. The highest BCUT2D eigenvalue weighted by Gasteiger charge is 2.29. The van der Waals surface area contributed by atoms with Crippen molar-refractivity contribution in [2.24, 2.45) is 5.92 Å². The lowest BCUT2D eigenvalue weighted by molar-refractivity contribution is -0.0656. The molecule has 0 saturated carbocycles. The van der Waals surface area contributed by atoms with E-state index in [0.29, 0.717) is 6.04 Å². The van der Waals surface area contributed by atoms with Crippen molar-refractivity contribution < 1.29 is 4.74 Å². The Bertz CT molecular complexity index is 462. The van der Waals surface area contributed by atoms with Crippen LogP contribution in [0.2, 0.25) is 5.02 Å². The largest absolute Gasteiger partial charge is 0.371 e. The molecule has 2 aliphatic rings. The fourth-order valence-electron chi connectivity index (χ4n) is 3.37. The maximum absolute atomic E-state index is 6.11. The quantitative estimate of drug-likeness (QED) is 0.928. The minimum Gasteiger partial charge on any atom is -0.371 e. The normalized spacial score (nSPS) is 28.7. The molecule has 2 unspecified atom stereocenters. The maximum atomic E-state index is 6.11. The Morgan fingerprint density at radius 2 is 2.14 bits per heavy atom. The lowest BCUT2D eigenvalue weighted by atomic mass is 9.96. The van der Waals surface area contributed by atoms with Crippen LogP contribution in [0, 0.1) is 5.92 Å². The SMILES string of the molecule is CC1COC(c2cccc(Cl)c2)CN1CC1CCNCC1. The van der Waals surface area contributed by atoms with Crippen molar-refractivity contribution in [1.29, 1.82) is 0 Å². The molecular formula is C17H25ClN2O. The second-order valence-electron chi connectivity index (χ2n) is 6.37. The highest BCUT2D eigenvalue weighted by atomic mass is 35.5. The van der Waals surface area contributed by atoms with Gasteiger partial charge in [0.05, 0.1) is 12.7 Å². The molecule has 0 aromatic heterocycles. The molecule has 2 fully saturated rings. The highest BCUT2D eigenvalue weighted by molar-refractivity contribution is 6.30. The minimum atomic E-state index is 0.154. The molecule has 0 spiro atoms. The summed E-state index contributed by atoms with van der Waals surface area (Å²) in [6.07, 6.45) is 2.75. The number of piperidine rings is 1. The maximum Gasteiger partial charge on any atom is 0.0953 e. The number of halogens is 1. The fourth-order valence-corrected chi connectivity index (χ4v) is 3.56. The molecule has 1 aromatic carbocycles. The average Bonchev–Trinajstić information content (AvgIpc) is 2.50. The summed E-state index contributed by atoms with van der Waals surface area (Å²) in [6.45, 7) is 7.59. The number of nitrogens with one attached hydrogen (secondary N) is 1. The van der Waals surface area contributed by atoms with Crippen LogP contribution >= 0.6 is 11.6 Å². The number of hydrogen-bond donors (Lipinski definition) is 1. The van der Waals surface area contributed by atoms with Gasteiger partial charge in [0, 0.05) is 24.2 Å². The zero-order valence-electron chi connectivity index (χ0n) is 12.7. The molecule has 2 aliphatic heterocycles. The topological polar surface area (TPSA) is 24.5 Å². The van der Waals surface area contributed by atoms with Crippen molar-refractivity contribution in [2.75, 3.05) is 32.8 Å². The van der Waals surface area contributed by atoms with Gasteiger partial charge in [0.1, 0.15) is 0 Å². The number of nitrogens with zero attached hydrogens (tertiary/aromatic N) is 1. The van der Waals surface area contributed by atoms with Crippen molar-refractivity contribution in [1.82, 2.24) is 10.2 Å². The van der Waals surface area contributed by atoms with Gasteiger partial charge < -0.3 is 10.1 Å². The van der Waals surface area contributed by atoms with Gasteiger partial charge in [-0.3, -0.25) is 4.90 Å². The smallest absolute Gasteiger partial charge is 0.0953 e. The Balaban J connectivity index is 1.63. The van der Waals surface area contributed by atoms with Crippen molar-refractivity contribution in [2.45, 2.75) is 31.9 Å². The van der Waals surface area contributed by atoms with E-state index < -0.39 is 0 Å². The summed E-state index contributed by atoms with van der Waals surface area (Å²) < 4.78 is 6.04. The van der Waals surface area contributed by atoms with Crippen LogP contribution in [0.15, 0.2) is 24.3 Å². The van der Waals surface area contributed by atoms with Gasteiger partial charge in [0.25, 0.3) is 0 Å². The average molecular weight is 309 g/mol.